The summed E-state index contributed by atoms with van der Waals surface area (Å²) in [6, 6.07) is 0. The molecule has 0 bridgehead atoms. The lowest BCUT2D eigenvalue weighted by atomic mass is 10.0. The summed E-state index contributed by atoms with van der Waals surface area (Å²) in [5, 5.41) is 10.3. The van der Waals surface area contributed by atoms with Crippen LogP contribution in [0.15, 0.2) is 0 Å². The van der Waals surface area contributed by atoms with Gasteiger partial charge in [0.15, 0.2) is 6.10 Å². The molecule has 1 unspecified atom stereocenters. The van der Waals surface area contributed by atoms with Crippen molar-refractivity contribution in [2.45, 2.75) is 32.3 Å². The van der Waals surface area contributed by atoms with Gasteiger partial charge in [0, 0.05) is 5.75 Å². The first-order chi connectivity index (χ1) is 7.73. The maximum absolute atomic E-state index is 13.2. The smallest absolute Gasteiger partial charge is 0.323 e. The van der Waals surface area contributed by atoms with E-state index in [9.17, 15) is 23.5 Å². The average Bonchev–Trinajstić information content (AvgIpc) is 2.21. The van der Waals surface area contributed by atoms with Crippen molar-refractivity contribution in [2.24, 2.45) is 5.92 Å². The fourth-order valence-corrected chi connectivity index (χ4v) is 1.50. The normalized spacial score (nSPS) is 13.5. The molecule has 0 aliphatic heterocycles. The number of carbonyl (C=O) groups excluding carboxylic acids is 2. The SMILES string of the molecule is CSCCC(=O)OC(C(C)C)C(F)(F)C(=O)[O-]. The van der Waals surface area contributed by atoms with Crippen LogP contribution in [0, 0.1) is 5.92 Å². The van der Waals surface area contributed by atoms with Crippen LogP contribution in [0.5, 0.6) is 0 Å². The Bertz CT molecular complexity index is 281. The number of ether oxygens (including phenoxy) is 1. The van der Waals surface area contributed by atoms with Crippen LogP contribution in [0.3, 0.4) is 0 Å². The summed E-state index contributed by atoms with van der Waals surface area (Å²) >= 11 is 1.36. The number of carboxylic acids is 1. The highest BCUT2D eigenvalue weighted by molar-refractivity contribution is 7.98. The van der Waals surface area contributed by atoms with Gasteiger partial charge in [0.25, 0.3) is 0 Å². The van der Waals surface area contributed by atoms with Crippen molar-refractivity contribution in [2.75, 3.05) is 12.0 Å². The predicted molar refractivity (Wildman–Crippen MR) is 57.7 cm³/mol. The zero-order chi connectivity index (χ0) is 13.6. The molecule has 0 amide bonds. The van der Waals surface area contributed by atoms with Crippen molar-refractivity contribution in [3.8, 4) is 0 Å². The molecule has 0 spiro atoms. The Morgan fingerprint density at radius 3 is 2.29 bits per heavy atom. The lowest BCUT2D eigenvalue weighted by molar-refractivity contribution is -0.337. The molecule has 0 fully saturated rings. The van der Waals surface area contributed by atoms with Crippen LogP contribution in [0.1, 0.15) is 20.3 Å². The first-order valence-electron chi connectivity index (χ1n) is 5.01. The number of hydrogen-bond acceptors (Lipinski definition) is 5. The minimum absolute atomic E-state index is 0.0342. The molecule has 0 aromatic rings. The van der Waals surface area contributed by atoms with Crippen molar-refractivity contribution < 1.29 is 28.2 Å². The van der Waals surface area contributed by atoms with Crippen molar-refractivity contribution in [1.29, 1.82) is 0 Å². The third-order valence-corrected chi connectivity index (χ3v) is 2.62. The molecule has 0 aliphatic carbocycles. The van der Waals surface area contributed by atoms with Gasteiger partial charge in [-0.3, -0.25) is 4.79 Å². The molecule has 1 atom stereocenters. The quantitative estimate of drug-likeness (QED) is 0.636. The largest absolute Gasteiger partial charge is 0.544 e. The third kappa shape index (κ3) is 4.89. The minimum atomic E-state index is -4.18. The lowest BCUT2D eigenvalue weighted by Gasteiger charge is -2.30. The second kappa shape index (κ2) is 6.78. The number of aliphatic carboxylic acids is 1. The molecule has 0 rings (SSSR count). The number of rotatable bonds is 7. The molecule has 0 aliphatic rings. The van der Waals surface area contributed by atoms with Gasteiger partial charge >= 0.3 is 11.9 Å². The first kappa shape index (κ1) is 16.1. The molecule has 0 radical (unpaired) electrons. The van der Waals surface area contributed by atoms with Crippen molar-refractivity contribution >= 4 is 23.7 Å². The summed E-state index contributed by atoms with van der Waals surface area (Å²) in [6.45, 7) is 2.70. The van der Waals surface area contributed by atoms with Crippen LogP contribution < -0.4 is 5.11 Å². The number of hydrogen-bond donors (Lipinski definition) is 0. The molecule has 0 saturated heterocycles. The Labute approximate surface area is 103 Å². The second-order valence-electron chi connectivity index (χ2n) is 3.81. The van der Waals surface area contributed by atoms with E-state index in [0.29, 0.717) is 5.75 Å². The summed E-state index contributed by atoms with van der Waals surface area (Å²) in [7, 11) is 0. The summed E-state index contributed by atoms with van der Waals surface area (Å²) in [5.74, 6) is -7.93. The molecule has 0 aromatic carbocycles. The van der Waals surface area contributed by atoms with Gasteiger partial charge < -0.3 is 14.6 Å². The Balaban J connectivity index is 4.66. The Kier molecular flexibility index (Phi) is 6.44. The van der Waals surface area contributed by atoms with Gasteiger partial charge in [-0.1, -0.05) is 13.8 Å². The molecule has 4 nitrogen and oxygen atoms in total. The Morgan fingerprint density at radius 2 is 1.94 bits per heavy atom. The van der Waals surface area contributed by atoms with E-state index in [1.807, 2.05) is 0 Å². The zero-order valence-corrected chi connectivity index (χ0v) is 10.7. The number of alkyl halides is 2. The fourth-order valence-electron chi connectivity index (χ4n) is 1.13. The van der Waals surface area contributed by atoms with E-state index in [-0.39, 0.29) is 6.42 Å². The third-order valence-electron chi connectivity index (χ3n) is 2.00. The standard InChI is InChI=1S/C10H16F2O4S/c1-6(2)8(10(11,12)9(14)15)16-7(13)4-5-17-3/h6,8H,4-5H2,1-3H3,(H,14,15)/p-1. The Hall–Kier alpha value is -0.850. The van der Waals surface area contributed by atoms with Gasteiger partial charge in [-0.05, 0) is 12.2 Å². The predicted octanol–water partition coefficient (Wildman–Crippen LogP) is 0.692. The molecular formula is C10H15F2O4S-. The van der Waals surface area contributed by atoms with Gasteiger partial charge in [-0.15, -0.1) is 0 Å². The van der Waals surface area contributed by atoms with Gasteiger partial charge in [0.05, 0.1) is 6.42 Å². The highest BCUT2D eigenvalue weighted by Crippen LogP contribution is 2.27. The maximum atomic E-state index is 13.2. The van der Waals surface area contributed by atoms with E-state index < -0.39 is 29.9 Å². The first-order valence-corrected chi connectivity index (χ1v) is 6.40. The number of carbonyl (C=O) groups is 2. The topological polar surface area (TPSA) is 66.4 Å². The van der Waals surface area contributed by atoms with E-state index >= 15 is 0 Å². The van der Waals surface area contributed by atoms with Crippen LogP contribution >= 0.6 is 11.8 Å². The number of carboxylic acid groups (broad SMARTS) is 1. The lowest BCUT2D eigenvalue weighted by Crippen LogP contribution is -2.53. The van der Waals surface area contributed by atoms with Crippen molar-refractivity contribution in [3.63, 3.8) is 0 Å². The van der Waals surface area contributed by atoms with E-state index in [0.717, 1.165) is 0 Å². The van der Waals surface area contributed by atoms with Gasteiger partial charge in [-0.25, -0.2) is 0 Å². The average molecular weight is 269 g/mol. The minimum Gasteiger partial charge on any atom is -0.544 e. The summed E-state index contributed by atoms with van der Waals surface area (Å²) in [5.41, 5.74) is 0. The molecule has 17 heavy (non-hydrogen) atoms. The van der Waals surface area contributed by atoms with Gasteiger partial charge in [0.1, 0.15) is 5.97 Å². The number of halogens is 2. The molecule has 100 valence electrons. The highest BCUT2D eigenvalue weighted by atomic mass is 32.2. The van der Waals surface area contributed by atoms with Crippen molar-refractivity contribution in [3.05, 3.63) is 0 Å². The van der Waals surface area contributed by atoms with Crippen LogP contribution in [-0.2, 0) is 14.3 Å². The van der Waals surface area contributed by atoms with Gasteiger partial charge in [0.2, 0.25) is 0 Å². The van der Waals surface area contributed by atoms with E-state index in [2.05, 4.69) is 4.74 Å². The molecule has 0 saturated carbocycles. The van der Waals surface area contributed by atoms with E-state index in [1.165, 1.54) is 25.6 Å². The highest BCUT2D eigenvalue weighted by Gasteiger charge is 2.45. The van der Waals surface area contributed by atoms with Crippen LogP contribution in [-0.4, -0.2) is 36.0 Å². The van der Waals surface area contributed by atoms with Crippen LogP contribution in [0.25, 0.3) is 0 Å². The zero-order valence-electron chi connectivity index (χ0n) is 9.87. The Morgan fingerprint density at radius 1 is 1.41 bits per heavy atom. The summed E-state index contributed by atoms with van der Waals surface area (Å²) in [6.07, 6.45) is -0.280. The molecule has 0 N–H and O–H groups in total. The molecule has 0 heterocycles. The van der Waals surface area contributed by atoms with Crippen molar-refractivity contribution in [1.82, 2.24) is 0 Å². The summed E-state index contributed by atoms with van der Waals surface area (Å²) in [4.78, 5) is 21.5. The number of esters is 1. The number of thioether (sulfide) groups is 1. The van der Waals surface area contributed by atoms with Gasteiger partial charge in [-0.2, -0.15) is 20.5 Å². The maximum Gasteiger partial charge on any atom is 0.323 e. The fraction of sp³-hybridized carbons (Fsp3) is 0.800. The monoisotopic (exact) mass is 269 g/mol. The van der Waals surface area contributed by atoms with E-state index in [1.54, 1.807) is 6.26 Å². The van der Waals surface area contributed by atoms with E-state index in [4.69, 9.17) is 0 Å². The van der Waals surface area contributed by atoms with Crippen LogP contribution in [0.2, 0.25) is 0 Å². The molecular weight excluding hydrogens is 254 g/mol. The van der Waals surface area contributed by atoms with Crippen LogP contribution in [0.4, 0.5) is 8.78 Å². The molecule has 7 heteroatoms. The summed E-state index contributed by atoms with van der Waals surface area (Å²) < 4.78 is 30.9. The molecule has 0 aromatic heterocycles. The second-order valence-corrected chi connectivity index (χ2v) is 4.79.